The average molecular weight is 313 g/mol. The fourth-order valence-electron chi connectivity index (χ4n) is 2.50. The second kappa shape index (κ2) is 4.35. The van der Waals surface area contributed by atoms with Gasteiger partial charge in [-0.25, -0.2) is 0 Å². The quantitative estimate of drug-likeness (QED) is 0.443. The van der Waals surface area contributed by atoms with Gasteiger partial charge in [-0.3, -0.25) is 0 Å². The van der Waals surface area contributed by atoms with Gasteiger partial charge >= 0.3 is 0 Å². The zero-order valence-corrected chi connectivity index (χ0v) is 13.1. The molecule has 0 aromatic heterocycles. The second-order valence-electron chi connectivity index (χ2n) is 6.12. The van der Waals surface area contributed by atoms with E-state index in [2.05, 4.69) is 85.2 Å². The maximum Gasteiger partial charge on any atom is 0.0181 e. The van der Waals surface area contributed by atoms with Gasteiger partial charge in [0.05, 0.1) is 0 Å². The third kappa shape index (κ3) is 2.28. The molecule has 0 saturated heterocycles. The molecule has 0 aliphatic carbocycles. The topological polar surface area (TPSA) is 0 Å². The van der Waals surface area contributed by atoms with Crippen LogP contribution in [0.15, 0.2) is 53.0 Å². The molecule has 0 fully saturated rings. The molecule has 0 amide bonds. The van der Waals surface area contributed by atoms with Crippen molar-refractivity contribution < 1.29 is 0 Å². The first-order valence-corrected chi connectivity index (χ1v) is 7.37. The van der Waals surface area contributed by atoms with Crippen molar-refractivity contribution in [3.8, 4) is 0 Å². The van der Waals surface area contributed by atoms with Crippen molar-refractivity contribution >= 4 is 37.5 Å². The third-order valence-corrected chi connectivity index (χ3v) is 4.16. The van der Waals surface area contributed by atoms with Gasteiger partial charge in [-0.2, -0.15) is 0 Å². The van der Waals surface area contributed by atoms with Crippen LogP contribution in [0.1, 0.15) is 26.3 Å². The van der Waals surface area contributed by atoms with Gasteiger partial charge in [0.2, 0.25) is 0 Å². The van der Waals surface area contributed by atoms with Crippen LogP contribution in [-0.2, 0) is 5.41 Å². The van der Waals surface area contributed by atoms with E-state index in [9.17, 15) is 0 Å². The maximum atomic E-state index is 3.54. The number of fused-ring (bicyclic) bond motifs is 3. The number of rotatable bonds is 0. The molecule has 0 aliphatic rings. The highest BCUT2D eigenvalue weighted by molar-refractivity contribution is 9.10. The van der Waals surface area contributed by atoms with Crippen LogP contribution in [0.2, 0.25) is 0 Å². The smallest absolute Gasteiger partial charge is 0.0181 e. The molecule has 3 rings (SSSR count). The minimum absolute atomic E-state index is 0.186. The van der Waals surface area contributed by atoms with Crippen molar-refractivity contribution in [3.63, 3.8) is 0 Å². The van der Waals surface area contributed by atoms with Gasteiger partial charge in [-0.1, -0.05) is 73.1 Å². The SMILES string of the molecule is CC(C)(C)c1ccc2ccc3cc(Br)ccc3c2c1. The van der Waals surface area contributed by atoms with E-state index in [0.29, 0.717) is 0 Å². The molecule has 0 spiro atoms. The van der Waals surface area contributed by atoms with Crippen LogP contribution in [-0.4, -0.2) is 0 Å². The molecular formula is C18H17Br. The lowest BCUT2D eigenvalue weighted by Crippen LogP contribution is -2.10. The Morgan fingerprint density at radius 1 is 0.737 bits per heavy atom. The summed E-state index contributed by atoms with van der Waals surface area (Å²) in [7, 11) is 0. The van der Waals surface area contributed by atoms with Crippen molar-refractivity contribution in [2.75, 3.05) is 0 Å². The third-order valence-electron chi connectivity index (χ3n) is 3.67. The van der Waals surface area contributed by atoms with E-state index in [1.54, 1.807) is 0 Å². The van der Waals surface area contributed by atoms with Crippen LogP contribution in [0.25, 0.3) is 21.5 Å². The van der Waals surface area contributed by atoms with Crippen molar-refractivity contribution in [1.82, 2.24) is 0 Å². The molecule has 0 aliphatic heterocycles. The summed E-state index contributed by atoms with van der Waals surface area (Å²) in [5.41, 5.74) is 1.57. The number of benzene rings is 3. The Balaban J connectivity index is 2.39. The standard InChI is InChI=1S/C18H17Br/c1-18(2,3)14-7-6-12-4-5-13-10-15(19)8-9-16(13)17(12)11-14/h4-11H,1-3H3. The van der Waals surface area contributed by atoms with Crippen LogP contribution in [0.3, 0.4) is 0 Å². The summed E-state index contributed by atoms with van der Waals surface area (Å²) in [4.78, 5) is 0. The highest BCUT2D eigenvalue weighted by Crippen LogP contribution is 2.31. The molecule has 0 nitrogen and oxygen atoms in total. The van der Waals surface area contributed by atoms with E-state index >= 15 is 0 Å². The molecule has 0 bridgehead atoms. The van der Waals surface area contributed by atoms with Gasteiger partial charge in [-0.15, -0.1) is 0 Å². The van der Waals surface area contributed by atoms with Crippen molar-refractivity contribution in [2.24, 2.45) is 0 Å². The van der Waals surface area contributed by atoms with Gasteiger partial charge in [-0.05, 0) is 44.7 Å². The minimum atomic E-state index is 0.186. The lowest BCUT2D eigenvalue weighted by Gasteiger charge is -2.20. The summed E-state index contributed by atoms with van der Waals surface area (Å²) in [6.07, 6.45) is 0. The number of halogens is 1. The molecule has 0 heterocycles. The highest BCUT2D eigenvalue weighted by atomic mass is 79.9. The number of hydrogen-bond donors (Lipinski definition) is 0. The summed E-state index contributed by atoms with van der Waals surface area (Å²) < 4.78 is 1.13. The van der Waals surface area contributed by atoms with E-state index in [0.717, 1.165) is 4.47 Å². The predicted octanol–water partition coefficient (Wildman–Crippen LogP) is 6.05. The van der Waals surface area contributed by atoms with Crippen molar-refractivity contribution in [2.45, 2.75) is 26.2 Å². The Bertz CT molecular complexity index is 764. The van der Waals surface area contributed by atoms with E-state index in [1.807, 2.05) is 0 Å². The van der Waals surface area contributed by atoms with Gasteiger partial charge in [0.1, 0.15) is 0 Å². The number of hydrogen-bond acceptors (Lipinski definition) is 0. The molecular weight excluding hydrogens is 296 g/mol. The molecule has 96 valence electrons. The Hall–Kier alpha value is -1.34. The second-order valence-corrected chi connectivity index (χ2v) is 7.03. The van der Waals surface area contributed by atoms with Crippen LogP contribution >= 0.6 is 15.9 Å². The first-order chi connectivity index (χ1) is 8.95. The summed E-state index contributed by atoms with van der Waals surface area (Å²) in [6.45, 7) is 6.78. The molecule has 0 N–H and O–H groups in total. The first-order valence-electron chi connectivity index (χ1n) is 6.58. The van der Waals surface area contributed by atoms with Crippen molar-refractivity contribution in [3.05, 3.63) is 58.6 Å². The van der Waals surface area contributed by atoms with Gasteiger partial charge in [0.15, 0.2) is 0 Å². The van der Waals surface area contributed by atoms with Gasteiger partial charge in [0, 0.05) is 4.47 Å². The zero-order chi connectivity index (χ0) is 13.6. The molecule has 0 atom stereocenters. The van der Waals surface area contributed by atoms with Gasteiger partial charge < -0.3 is 0 Å². The van der Waals surface area contributed by atoms with Gasteiger partial charge in [0.25, 0.3) is 0 Å². The normalized spacial score (nSPS) is 12.2. The molecule has 0 unspecified atom stereocenters. The Morgan fingerprint density at radius 3 is 2.16 bits per heavy atom. The lowest BCUT2D eigenvalue weighted by atomic mass is 9.85. The molecule has 19 heavy (non-hydrogen) atoms. The fourth-order valence-corrected chi connectivity index (χ4v) is 2.88. The predicted molar refractivity (Wildman–Crippen MR) is 87.9 cm³/mol. The Kier molecular flexibility index (Phi) is 2.90. The highest BCUT2D eigenvalue weighted by Gasteiger charge is 2.14. The van der Waals surface area contributed by atoms with Crippen LogP contribution < -0.4 is 0 Å². The molecule has 3 aromatic carbocycles. The maximum absolute atomic E-state index is 3.54. The average Bonchev–Trinajstić information content (AvgIpc) is 2.36. The summed E-state index contributed by atoms with van der Waals surface area (Å²) >= 11 is 3.54. The Labute approximate surface area is 122 Å². The first kappa shape index (κ1) is 12.7. The van der Waals surface area contributed by atoms with Crippen LogP contribution in [0.5, 0.6) is 0 Å². The van der Waals surface area contributed by atoms with E-state index in [-0.39, 0.29) is 5.41 Å². The van der Waals surface area contributed by atoms with E-state index < -0.39 is 0 Å². The summed E-state index contributed by atoms with van der Waals surface area (Å²) in [6, 6.07) is 17.7. The molecule has 3 aromatic rings. The lowest BCUT2D eigenvalue weighted by molar-refractivity contribution is 0.591. The molecule has 0 saturated carbocycles. The zero-order valence-electron chi connectivity index (χ0n) is 11.5. The Morgan fingerprint density at radius 2 is 1.42 bits per heavy atom. The van der Waals surface area contributed by atoms with Crippen molar-refractivity contribution in [1.29, 1.82) is 0 Å². The summed E-state index contributed by atoms with van der Waals surface area (Å²) in [5.74, 6) is 0. The van der Waals surface area contributed by atoms with Crippen LogP contribution in [0, 0.1) is 0 Å². The monoisotopic (exact) mass is 312 g/mol. The largest absolute Gasteiger partial charge is 0.0579 e. The molecule has 0 radical (unpaired) electrons. The van der Waals surface area contributed by atoms with Crippen LogP contribution in [0.4, 0.5) is 0 Å². The van der Waals surface area contributed by atoms with E-state index in [4.69, 9.17) is 0 Å². The fraction of sp³-hybridized carbons (Fsp3) is 0.222. The minimum Gasteiger partial charge on any atom is -0.0579 e. The van der Waals surface area contributed by atoms with E-state index in [1.165, 1.54) is 27.1 Å². The molecule has 1 heteroatoms. The summed E-state index contributed by atoms with van der Waals surface area (Å²) in [5, 5.41) is 5.26.